The van der Waals surface area contributed by atoms with E-state index in [0.717, 1.165) is 0 Å². The fourth-order valence-electron chi connectivity index (χ4n) is 3.35. The molecule has 0 aliphatic rings. The Kier molecular flexibility index (Phi) is 16.8. The lowest BCUT2D eigenvalue weighted by atomic mass is 9.98. The van der Waals surface area contributed by atoms with Crippen LogP contribution in [0.4, 0.5) is 0 Å². The number of carboxylic acid groups (broad SMARTS) is 1. The van der Waals surface area contributed by atoms with Crippen molar-refractivity contribution in [3.8, 4) is 0 Å². The summed E-state index contributed by atoms with van der Waals surface area (Å²) in [5.74, 6) is -3.91. The molecule has 14 nitrogen and oxygen atoms in total. The first kappa shape index (κ1) is 34.9. The molecule has 218 valence electrons. The number of nitrogens with one attached hydrogen (secondary N) is 4. The smallest absolute Gasteiger partial charge is 0.326 e. The van der Waals surface area contributed by atoms with Crippen molar-refractivity contribution in [1.29, 1.82) is 0 Å². The second-order valence-corrected chi connectivity index (χ2v) is 10.4. The predicted octanol–water partition coefficient (Wildman–Crippen LogP) is -1.91. The van der Waals surface area contributed by atoms with Gasteiger partial charge in [0, 0.05) is 6.54 Å². The summed E-state index contributed by atoms with van der Waals surface area (Å²) in [4.78, 5) is 66.4. The molecule has 0 spiro atoms. The molecular formula is C23H44N8O6S. The predicted molar refractivity (Wildman–Crippen MR) is 147 cm³/mol. The van der Waals surface area contributed by atoms with Crippen molar-refractivity contribution >= 4 is 47.3 Å². The lowest BCUT2D eigenvalue weighted by Crippen LogP contribution is -2.60. The molecule has 4 amide bonds. The second kappa shape index (κ2) is 18.2. The van der Waals surface area contributed by atoms with Crippen LogP contribution >= 0.6 is 11.8 Å². The molecule has 0 fully saturated rings. The van der Waals surface area contributed by atoms with Crippen molar-refractivity contribution in [3.63, 3.8) is 0 Å². The van der Waals surface area contributed by atoms with E-state index in [-0.39, 0.29) is 43.7 Å². The molecule has 15 heteroatoms. The number of carbonyl (C=O) groups excluding carboxylic acids is 4. The van der Waals surface area contributed by atoms with Gasteiger partial charge in [-0.3, -0.25) is 24.2 Å². The average Bonchev–Trinajstić information content (AvgIpc) is 2.83. The number of hydrogen-bond acceptors (Lipinski definition) is 8. The summed E-state index contributed by atoms with van der Waals surface area (Å²) < 4.78 is 0. The highest BCUT2D eigenvalue weighted by molar-refractivity contribution is 7.98. The van der Waals surface area contributed by atoms with E-state index in [0.29, 0.717) is 12.2 Å². The summed E-state index contributed by atoms with van der Waals surface area (Å²) in [5, 5.41) is 19.7. The molecule has 11 N–H and O–H groups in total. The molecule has 0 radical (unpaired) electrons. The Bertz CT molecular complexity index is 835. The fourth-order valence-corrected chi connectivity index (χ4v) is 3.82. The minimum absolute atomic E-state index is 0.101. The highest BCUT2D eigenvalue weighted by Gasteiger charge is 2.33. The largest absolute Gasteiger partial charge is 0.480 e. The number of carbonyl (C=O) groups is 5. The van der Waals surface area contributed by atoms with Gasteiger partial charge in [-0.05, 0) is 43.1 Å². The monoisotopic (exact) mass is 560 g/mol. The summed E-state index contributed by atoms with van der Waals surface area (Å²) in [6, 6.07) is -4.17. The summed E-state index contributed by atoms with van der Waals surface area (Å²) in [6.07, 6.45) is 2.61. The number of nitrogens with zero attached hydrogens (tertiary/aromatic N) is 1. The number of aliphatic imine (C=N–C) groups is 1. The van der Waals surface area contributed by atoms with Crippen LogP contribution in [0.25, 0.3) is 0 Å². The van der Waals surface area contributed by atoms with Crippen molar-refractivity contribution < 1.29 is 29.1 Å². The van der Waals surface area contributed by atoms with Crippen LogP contribution in [0.15, 0.2) is 4.99 Å². The molecule has 0 bridgehead atoms. The SMILES string of the molecule is CSCCC(NC(=O)C(NC(=O)C(NC(=O)C(CCCN=C(N)N)NC(=O)CN)C(C)C)C(C)C)C(=O)O. The molecule has 0 aromatic carbocycles. The van der Waals surface area contributed by atoms with Gasteiger partial charge >= 0.3 is 5.97 Å². The number of guanidine groups is 1. The molecule has 0 heterocycles. The van der Waals surface area contributed by atoms with E-state index in [1.807, 2.05) is 6.26 Å². The Labute approximate surface area is 228 Å². The van der Waals surface area contributed by atoms with E-state index in [1.165, 1.54) is 11.8 Å². The molecule has 4 unspecified atom stereocenters. The minimum atomic E-state index is -1.17. The zero-order valence-corrected chi connectivity index (χ0v) is 23.6. The van der Waals surface area contributed by atoms with Crippen molar-refractivity contribution in [1.82, 2.24) is 21.3 Å². The topological polar surface area (TPSA) is 244 Å². The normalized spacial score (nSPS) is 14.1. The first-order valence-corrected chi connectivity index (χ1v) is 13.8. The second-order valence-electron chi connectivity index (χ2n) is 9.41. The van der Waals surface area contributed by atoms with Gasteiger partial charge in [0.05, 0.1) is 6.54 Å². The van der Waals surface area contributed by atoms with Crippen LogP contribution in [0, 0.1) is 11.8 Å². The quantitative estimate of drug-likeness (QED) is 0.0525. The molecule has 0 aliphatic carbocycles. The average molecular weight is 561 g/mol. The minimum Gasteiger partial charge on any atom is -0.480 e. The van der Waals surface area contributed by atoms with Gasteiger partial charge in [0.2, 0.25) is 23.6 Å². The Balaban J connectivity index is 5.56. The van der Waals surface area contributed by atoms with Gasteiger partial charge in [-0.2, -0.15) is 11.8 Å². The Morgan fingerprint density at radius 2 is 1.34 bits per heavy atom. The van der Waals surface area contributed by atoms with Crippen molar-refractivity contribution in [2.24, 2.45) is 34.0 Å². The van der Waals surface area contributed by atoms with Crippen LogP contribution in [0.1, 0.15) is 47.0 Å². The molecule has 4 atom stereocenters. The molecular weight excluding hydrogens is 516 g/mol. The van der Waals surface area contributed by atoms with Crippen LogP contribution in [-0.4, -0.2) is 89.9 Å². The summed E-state index contributed by atoms with van der Waals surface area (Å²) in [6.45, 7) is 6.75. The van der Waals surface area contributed by atoms with Crippen LogP contribution in [0.5, 0.6) is 0 Å². The third kappa shape index (κ3) is 13.5. The fraction of sp³-hybridized carbons (Fsp3) is 0.739. The molecule has 38 heavy (non-hydrogen) atoms. The lowest BCUT2D eigenvalue weighted by molar-refractivity contribution is -0.142. The maximum Gasteiger partial charge on any atom is 0.326 e. The van der Waals surface area contributed by atoms with Gasteiger partial charge < -0.3 is 43.6 Å². The highest BCUT2D eigenvalue weighted by atomic mass is 32.2. The Morgan fingerprint density at radius 3 is 1.79 bits per heavy atom. The van der Waals surface area contributed by atoms with E-state index in [9.17, 15) is 29.1 Å². The maximum absolute atomic E-state index is 13.2. The number of carboxylic acids is 1. The van der Waals surface area contributed by atoms with E-state index >= 15 is 0 Å². The summed E-state index contributed by atoms with van der Waals surface area (Å²) >= 11 is 1.45. The number of hydrogen-bond donors (Lipinski definition) is 8. The number of amides is 4. The number of aliphatic carboxylic acids is 1. The maximum atomic E-state index is 13.2. The van der Waals surface area contributed by atoms with E-state index < -0.39 is 53.8 Å². The lowest BCUT2D eigenvalue weighted by Gasteiger charge is -2.29. The van der Waals surface area contributed by atoms with Gasteiger partial charge in [0.1, 0.15) is 24.2 Å². The molecule has 0 aromatic heterocycles. The van der Waals surface area contributed by atoms with Crippen LogP contribution in [-0.2, 0) is 24.0 Å². The third-order valence-corrected chi connectivity index (χ3v) is 6.15. The number of nitrogens with two attached hydrogens (primary N) is 3. The van der Waals surface area contributed by atoms with Gasteiger partial charge in [-0.1, -0.05) is 27.7 Å². The van der Waals surface area contributed by atoms with E-state index in [2.05, 4.69) is 26.3 Å². The van der Waals surface area contributed by atoms with E-state index in [1.54, 1.807) is 27.7 Å². The van der Waals surface area contributed by atoms with Gasteiger partial charge in [0.25, 0.3) is 0 Å². The van der Waals surface area contributed by atoms with Crippen LogP contribution < -0.4 is 38.5 Å². The molecule has 0 aromatic rings. The van der Waals surface area contributed by atoms with Crippen LogP contribution in [0.2, 0.25) is 0 Å². The van der Waals surface area contributed by atoms with Crippen molar-refractivity contribution in [2.75, 3.05) is 25.1 Å². The zero-order valence-electron chi connectivity index (χ0n) is 22.8. The third-order valence-electron chi connectivity index (χ3n) is 5.50. The summed E-state index contributed by atoms with van der Waals surface area (Å²) in [7, 11) is 0. The summed E-state index contributed by atoms with van der Waals surface area (Å²) in [5.41, 5.74) is 16.0. The van der Waals surface area contributed by atoms with Crippen LogP contribution in [0.3, 0.4) is 0 Å². The van der Waals surface area contributed by atoms with Gasteiger partial charge in [-0.25, -0.2) is 4.79 Å². The van der Waals surface area contributed by atoms with Crippen molar-refractivity contribution in [3.05, 3.63) is 0 Å². The molecule has 0 rings (SSSR count). The number of thioether (sulfide) groups is 1. The first-order valence-electron chi connectivity index (χ1n) is 12.4. The Hall–Kier alpha value is -3.07. The van der Waals surface area contributed by atoms with Gasteiger partial charge in [-0.15, -0.1) is 0 Å². The van der Waals surface area contributed by atoms with E-state index in [4.69, 9.17) is 17.2 Å². The molecule has 0 saturated heterocycles. The first-order chi connectivity index (χ1) is 17.7. The Morgan fingerprint density at radius 1 is 0.816 bits per heavy atom. The molecule has 0 saturated carbocycles. The molecule has 0 aliphatic heterocycles. The standard InChI is InChI=1S/C23H44N8O6S/c1-12(2)17(20(34)29-15(22(36)37)8-10-38-5)31-21(35)18(13(3)4)30-19(33)14(28-16(32)11-24)7-6-9-27-23(25)26/h12-15,17-18H,6-11,24H2,1-5H3,(H,28,32)(H,29,34)(H,30,33)(H,31,35)(H,36,37)(H4,25,26,27). The van der Waals surface area contributed by atoms with Crippen molar-refractivity contribution in [2.45, 2.75) is 71.1 Å². The highest BCUT2D eigenvalue weighted by Crippen LogP contribution is 2.09. The van der Waals surface area contributed by atoms with Gasteiger partial charge in [0.15, 0.2) is 5.96 Å². The number of rotatable bonds is 18. The zero-order chi connectivity index (χ0) is 29.4.